The van der Waals surface area contributed by atoms with E-state index in [1.807, 2.05) is 0 Å². The lowest BCUT2D eigenvalue weighted by Crippen LogP contribution is -2.53. The number of carbonyl (C=O) groups excluding carboxylic acids is 1. The average molecular weight is 256 g/mol. The van der Waals surface area contributed by atoms with Gasteiger partial charge in [-0.2, -0.15) is 0 Å². The number of aliphatic carboxylic acids is 1. The van der Waals surface area contributed by atoms with Gasteiger partial charge in [-0.3, -0.25) is 0 Å². The van der Waals surface area contributed by atoms with Crippen LogP contribution in [0.4, 0.5) is 4.79 Å². The number of rotatable bonds is 3. The molecule has 1 fully saturated rings. The van der Waals surface area contributed by atoms with Crippen LogP contribution in [0.2, 0.25) is 0 Å². The van der Waals surface area contributed by atoms with Crippen LogP contribution in [0.15, 0.2) is 0 Å². The Hall–Kier alpha value is -1.26. The molecule has 0 saturated carbocycles. The van der Waals surface area contributed by atoms with Crippen LogP contribution in [-0.4, -0.2) is 41.1 Å². The first kappa shape index (κ1) is 14.8. The van der Waals surface area contributed by atoms with Crippen LogP contribution in [0.5, 0.6) is 0 Å². The molecule has 1 aliphatic heterocycles. The molecular formula is C13H24N2O3. The lowest BCUT2D eigenvalue weighted by atomic mass is 9.84. The summed E-state index contributed by atoms with van der Waals surface area (Å²) in [4.78, 5) is 24.8. The van der Waals surface area contributed by atoms with E-state index in [-0.39, 0.29) is 17.4 Å². The Morgan fingerprint density at radius 3 is 2.39 bits per heavy atom. The molecule has 104 valence electrons. The summed E-state index contributed by atoms with van der Waals surface area (Å²) in [6, 6.07) is -1.08. The minimum atomic E-state index is -0.977. The van der Waals surface area contributed by atoms with Gasteiger partial charge < -0.3 is 15.3 Å². The molecule has 1 rings (SSSR count). The molecule has 0 aliphatic carbocycles. The van der Waals surface area contributed by atoms with Crippen LogP contribution >= 0.6 is 0 Å². The monoisotopic (exact) mass is 256 g/mol. The quantitative estimate of drug-likeness (QED) is 0.810. The summed E-state index contributed by atoms with van der Waals surface area (Å²) in [6.07, 6.45) is 2.07. The average Bonchev–Trinajstić information content (AvgIpc) is 2.23. The molecule has 18 heavy (non-hydrogen) atoms. The highest BCUT2D eigenvalue weighted by Crippen LogP contribution is 2.28. The van der Waals surface area contributed by atoms with Gasteiger partial charge in [0, 0.05) is 13.1 Å². The standard InChI is InChI=1S/C13H24N2O3/c1-9(2)10(11(16)17)14-12(18)15-7-5-6-13(3,4)8-15/h9-10H,5-8H2,1-4H3,(H,14,18)(H,16,17)/t10-/m0/s1. The smallest absolute Gasteiger partial charge is 0.326 e. The Kier molecular flexibility index (Phi) is 4.59. The van der Waals surface area contributed by atoms with Crippen LogP contribution in [0, 0.1) is 11.3 Å². The molecule has 1 aliphatic rings. The van der Waals surface area contributed by atoms with Crippen LogP contribution in [0.1, 0.15) is 40.5 Å². The predicted octanol–water partition coefficient (Wildman–Crippen LogP) is 1.93. The Bertz CT molecular complexity index is 326. The maximum atomic E-state index is 12.1. The van der Waals surface area contributed by atoms with Crippen molar-refractivity contribution in [2.75, 3.05) is 13.1 Å². The zero-order valence-corrected chi connectivity index (χ0v) is 11.7. The van der Waals surface area contributed by atoms with Gasteiger partial charge in [-0.05, 0) is 24.2 Å². The lowest BCUT2D eigenvalue weighted by Gasteiger charge is -2.38. The molecule has 0 unspecified atom stereocenters. The van der Waals surface area contributed by atoms with Crippen LogP contribution < -0.4 is 5.32 Å². The largest absolute Gasteiger partial charge is 0.480 e. The first-order chi connectivity index (χ1) is 8.23. The predicted molar refractivity (Wildman–Crippen MR) is 69.4 cm³/mol. The molecular weight excluding hydrogens is 232 g/mol. The Morgan fingerprint density at radius 1 is 1.33 bits per heavy atom. The van der Waals surface area contributed by atoms with Crippen LogP contribution in [-0.2, 0) is 4.79 Å². The number of nitrogens with zero attached hydrogens (tertiary/aromatic N) is 1. The van der Waals surface area contributed by atoms with E-state index in [0.717, 1.165) is 12.8 Å². The maximum absolute atomic E-state index is 12.1. The summed E-state index contributed by atoms with van der Waals surface area (Å²) in [5, 5.41) is 11.7. The van der Waals surface area contributed by atoms with Crippen molar-refractivity contribution >= 4 is 12.0 Å². The number of urea groups is 1. The fourth-order valence-corrected chi connectivity index (χ4v) is 2.33. The second-order valence-corrected chi connectivity index (χ2v) is 6.20. The van der Waals surface area contributed by atoms with E-state index in [2.05, 4.69) is 19.2 Å². The minimum absolute atomic E-state index is 0.117. The molecule has 1 atom stereocenters. The Morgan fingerprint density at radius 2 is 1.94 bits per heavy atom. The van der Waals surface area contributed by atoms with E-state index < -0.39 is 12.0 Å². The second kappa shape index (κ2) is 5.59. The molecule has 0 aromatic rings. The third kappa shape index (κ3) is 3.89. The Balaban J connectivity index is 2.61. The number of carboxylic acid groups (broad SMARTS) is 1. The van der Waals surface area contributed by atoms with Crippen molar-refractivity contribution in [2.45, 2.75) is 46.6 Å². The van der Waals surface area contributed by atoms with Gasteiger partial charge in [-0.15, -0.1) is 0 Å². The van der Waals surface area contributed by atoms with Crippen molar-refractivity contribution in [3.8, 4) is 0 Å². The molecule has 5 nitrogen and oxygen atoms in total. The summed E-state index contributed by atoms with van der Waals surface area (Å²) >= 11 is 0. The highest BCUT2D eigenvalue weighted by atomic mass is 16.4. The number of amides is 2. The topological polar surface area (TPSA) is 69.6 Å². The van der Waals surface area contributed by atoms with Crippen molar-refractivity contribution in [1.82, 2.24) is 10.2 Å². The molecule has 0 bridgehead atoms. The van der Waals surface area contributed by atoms with Crippen molar-refractivity contribution in [3.63, 3.8) is 0 Å². The third-order valence-corrected chi connectivity index (χ3v) is 3.40. The van der Waals surface area contributed by atoms with Crippen molar-refractivity contribution in [1.29, 1.82) is 0 Å². The molecule has 2 amide bonds. The molecule has 0 radical (unpaired) electrons. The minimum Gasteiger partial charge on any atom is -0.480 e. The molecule has 1 saturated heterocycles. The fourth-order valence-electron chi connectivity index (χ4n) is 2.33. The van der Waals surface area contributed by atoms with E-state index in [4.69, 9.17) is 5.11 Å². The summed E-state index contributed by atoms with van der Waals surface area (Å²) in [5.74, 6) is -1.10. The number of nitrogens with one attached hydrogen (secondary N) is 1. The number of carboxylic acids is 1. The van der Waals surface area contributed by atoms with E-state index in [1.54, 1.807) is 18.7 Å². The van der Waals surface area contributed by atoms with Crippen molar-refractivity contribution < 1.29 is 14.7 Å². The maximum Gasteiger partial charge on any atom is 0.326 e. The normalized spacial score (nSPS) is 20.6. The number of piperidine rings is 1. The highest BCUT2D eigenvalue weighted by molar-refractivity contribution is 5.82. The van der Waals surface area contributed by atoms with E-state index in [9.17, 15) is 9.59 Å². The zero-order valence-electron chi connectivity index (χ0n) is 11.7. The first-order valence-electron chi connectivity index (χ1n) is 6.51. The van der Waals surface area contributed by atoms with E-state index in [1.165, 1.54) is 0 Å². The van der Waals surface area contributed by atoms with Gasteiger partial charge in [0.15, 0.2) is 0 Å². The third-order valence-electron chi connectivity index (χ3n) is 3.40. The first-order valence-corrected chi connectivity index (χ1v) is 6.51. The number of carbonyl (C=O) groups is 2. The molecule has 5 heteroatoms. The molecule has 0 spiro atoms. The molecule has 0 aromatic carbocycles. The molecule has 1 heterocycles. The Labute approximate surface area is 109 Å². The van der Waals surface area contributed by atoms with Gasteiger partial charge in [0.25, 0.3) is 0 Å². The zero-order chi connectivity index (χ0) is 13.9. The number of hydrogen-bond donors (Lipinski definition) is 2. The van der Waals surface area contributed by atoms with Gasteiger partial charge in [-0.1, -0.05) is 27.7 Å². The van der Waals surface area contributed by atoms with E-state index >= 15 is 0 Å². The SMILES string of the molecule is CC(C)[C@H](NC(=O)N1CCCC(C)(C)C1)C(=O)O. The lowest BCUT2D eigenvalue weighted by molar-refractivity contribution is -0.140. The van der Waals surface area contributed by atoms with E-state index in [0.29, 0.717) is 13.1 Å². The summed E-state index contributed by atoms with van der Waals surface area (Å²) < 4.78 is 0. The van der Waals surface area contributed by atoms with Gasteiger partial charge in [0.2, 0.25) is 0 Å². The van der Waals surface area contributed by atoms with Crippen LogP contribution in [0.3, 0.4) is 0 Å². The summed E-state index contributed by atoms with van der Waals surface area (Å²) in [6.45, 7) is 9.23. The van der Waals surface area contributed by atoms with Gasteiger partial charge in [-0.25, -0.2) is 9.59 Å². The highest BCUT2D eigenvalue weighted by Gasteiger charge is 2.31. The van der Waals surface area contributed by atoms with Gasteiger partial charge in [0.1, 0.15) is 6.04 Å². The van der Waals surface area contributed by atoms with Gasteiger partial charge >= 0.3 is 12.0 Å². The molecule has 2 N–H and O–H groups in total. The van der Waals surface area contributed by atoms with Crippen molar-refractivity contribution in [2.24, 2.45) is 11.3 Å². The number of hydrogen-bond acceptors (Lipinski definition) is 2. The summed E-state index contributed by atoms with van der Waals surface area (Å²) in [7, 11) is 0. The molecule has 0 aromatic heterocycles. The fraction of sp³-hybridized carbons (Fsp3) is 0.846. The van der Waals surface area contributed by atoms with Crippen LogP contribution in [0.25, 0.3) is 0 Å². The van der Waals surface area contributed by atoms with Crippen molar-refractivity contribution in [3.05, 3.63) is 0 Å². The summed E-state index contributed by atoms with van der Waals surface area (Å²) in [5.41, 5.74) is 0.117. The van der Waals surface area contributed by atoms with Gasteiger partial charge in [0.05, 0.1) is 0 Å². The number of likely N-dealkylation sites (tertiary alicyclic amines) is 1. The second-order valence-electron chi connectivity index (χ2n) is 6.20.